The van der Waals surface area contributed by atoms with Gasteiger partial charge in [-0.25, -0.2) is 0 Å². The number of para-hydroxylation sites is 3. The van der Waals surface area contributed by atoms with Gasteiger partial charge in [0, 0.05) is 44.7 Å². The Labute approximate surface area is 207 Å². The number of ether oxygens (including phenoxy) is 1. The summed E-state index contributed by atoms with van der Waals surface area (Å²) in [5.74, 6) is 0.269. The monoisotopic (exact) mass is 494 g/mol. The van der Waals surface area contributed by atoms with Crippen molar-refractivity contribution in [3.63, 3.8) is 0 Å². The van der Waals surface area contributed by atoms with E-state index in [4.69, 9.17) is 16.3 Å². The van der Waals surface area contributed by atoms with Crippen molar-refractivity contribution in [2.45, 2.75) is 6.92 Å². The van der Waals surface area contributed by atoms with Crippen LogP contribution in [-0.4, -0.2) is 47.8 Å². The number of nitrogens with zero attached hydrogens (tertiary/aromatic N) is 3. The highest BCUT2D eigenvalue weighted by Gasteiger charge is 2.26. The number of halogens is 1. The Hall–Kier alpha value is -4.11. The number of benzene rings is 3. The second-order valence-electron chi connectivity index (χ2n) is 7.94. The number of anilines is 2. The lowest BCUT2D eigenvalue weighted by atomic mass is 10.1. The normalized spacial score (nSPS) is 13.3. The van der Waals surface area contributed by atoms with Gasteiger partial charge in [0.25, 0.3) is 11.6 Å². The van der Waals surface area contributed by atoms with Gasteiger partial charge in [0.15, 0.2) is 5.75 Å². The van der Waals surface area contributed by atoms with Crippen molar-refractivity contribution in [2.24, 2.45) is 0 Å². The summed E-state index contributed by atoms with van der Waals surface area (Å²) in [6.45, 7) is 3.41. The number of nitrogens with one attached hydrogen (secondary N) is 1. The predicted molar refractivity (Wildman–Crippen MR) is 133 cm³/mol. The quantitative estimate of drug-likeness (QED) is 0.383. The maximum Gasteiger partial charge on any atom is 0.293 e. The fraction of sp³-hybridized carbons (Fsp3) is 0.200. The van der Waals surface area contributed by atoms with Gasteiger partial charge in [-0.15, -0.1) is 0 Å². The van der Waals surface area contributed by atoms with E-state index in [9.17, 15) is 19.7 Å². The van der Waals surface area contributed by atoms with E-state index in [1.807, 2.05) is 4.90 Å². The average Bonchev–Trinajstić information content (AvgIpc) is 2.86. The van der Waals surface area contributed by atoms with Crippen LogP contribution in [0.15, 0.2) is 66.7 Å². The third-order valence-electron chi connectivity index (χ3n) is 5.69. The zero-order valence-corrected chi connectivity index (χ0v) is 19.7. The van der Waals surface area contributed by atoms with Gasteiger partial charge in [-0.3, -0.25) is 19.7 Å². The van der Waals surface area contributed by atoms with E-state index in [2.05, 4.69) is 5.32 Å². The summed E-state index contributed by atoms with van der Waals surface area (Å²) >= 11 is 6.18. The molecule has 0 radical (unpaired) electrons. The average molecular weight is 495 g/mol. The Morgan fingerprint density at radius 2 is 1.63 bits per heavy atom. The van der Waals surface area contributed by atoms with Crippen LogP contribution in [0.4, 0.5) is 17.1 Å². The molecule has 0 atom stereocenters. The molecule has 1 fully saturated rings. The molecule has 0 aliphatic carbocycles. The second kappa shape index (κ2) is 10.4. The van der Waals surface area contributed by atoms with Gasteiger partial charge in [-0.1, -0.05) is 35.9 Å². The molecule has 180 valence electrons. The van der Waals surface area contributed by atoms with Crippen LogP contribution in [0.2, 0.25) is 5.02 Å². The molecule has 0 saturated carbocycles. The summed E-state index contributed by atoms with van der Waals surface area (Å²) in [6.07, 6.45) is 0. The molecule has 1 aliphatic heterocycles. The molecule has 1 heterocycles. The zero-order chi connectivity index (χ0) is 24.9. The summed E-state index contributed by atoms with van der Waals surface area (Å²) in [4.78, 5) is 39.4. The van der Waals surface area contributed by atoms with Crippen molar-refractivity contribution in [3.8, 4) is 11.5 Å². The minimum atomic E-state index is -0.517. The minimum Gasteiger partial charge on any atom is -0.454 e. The molecule has 0 bridgehead atoms. The SMILES string of the molecule is CC(=O)N1CCN(c2ccc(C(=O)Nc3ccccc3Oc3ccccc3Cl)cc2[N+](=O)[O-])CC1. The highest BCUT2D eigenvalue weighted by atomic mass is 35.5. The van der Waals surface area contributed by atoms with Crippen LogP contribution in [-0.2, 0) is 4.79 Å². The maximum atomic E-state index is 13.0. The topological polar surface area (TPSA) is 105 Å². The van der Waals surface area contributed by atoms with Crippen molar-refractivity contribution < 1.29 is 19.2 Å². The van der Waals surface area contributed by atoms with Crippen molar-refractivity contribution in [1.82, 2.24) is 4.90 Å². The first-order valence-corrected chi connectivity index (χ1v) is 11.3. The number of carbonyl (C=O) groups is 2. The highest BCUT2D eigenvalue weighted by Crippen LogP contribution is 2.34. The molecule has 0 aromatic heterocycles. The molecule has 3 aromatic carbocycles. The Balaban J connectivity index is 1.54. The molecule has 2 amide bonds. The Kier molecular flexibility index (Phi) is 7.17. The van der Waals surface area contributed by atoms with E-state index < -0.39 is 10.8 Å². The lowest BCUT2D eigenvalue weighted by molar-refractivity contribution is -0.384. The van der Waals surface area contributed by atoms with Crippen LogP contribution >= 0.6 is 11.6 Å². The fourth-order valence-corrected chi connectivity index (χ4v) is 4.01. The van der Waals surface area contributed by atoms with E-state index >= 15 is 0 Å². The molecule has 1 saturated heterocycles. The third-order valence-corrected chi connectivity index (χ3v) is 6.00. The predicted octanol–water partition coefficient (Wildman–Crippen LogP) is 4.96. The van der Waals surface area contributed by atoms with Gasteiger partial charge >= 0.3 is 0 Å². The van der Waals surface area contributed by atoms with Gasteiger partial charge in [0.2, 0.25) is 5.91 Å². The zero-order valence-electron chi connectivity index (χ0n) is 18.9. The molecule has 1 N–H and O–H groups in total. The van der Waals surface area contributed by atoms with Crippen LogP contribution in [0.5, 0.6) is 11.5 Å². The van der Waals surface area contributed by atoms with Crippen molar-refractivity contribution in [3.05, 3.63) is 87.4 Å². The van der Waals surface area contributed by atoms with Crippen LogP contribution < -0.4 is 15.0 Å². The molecular formula is C25H23ClN4O5. The standard InChI is InChI=1S/C25H23ClN4O5/c1-17(31)28-12-14-29(15-13-28)21-11-10-18(16-22(21)30(33)34)25(32)27-20-7-3-5-9-24(20)35-23-8-4-2-6-19(23)26/h2-11,16H,12-15H2,1H3,(H,27,32). The van der Waals surface area contributed by atoms with Gasteiger partial charge in [-0.2, -0.15) is 0 Å². The fourth-order valence-electron chi connectivity index (χ4n) is 3.84. The van der Waals surface area contributed by atoms with Gasteiger partial charge < -0.3 is 19.9 Å². The number of carbonyl (C=O) groups excluding carboxylic acids is 2. The molecule has 4 rings (SSSR count). The maximum absolute atomic E-state index is 13.0. The first kappa shape index (κ1) is 24.0. The molecule has 0 spiro atoms. The van der Waals surface area contributed by atoms with Crippen molar-refractivity contribution in [1.29, 1.82) is 0 Å². The third kappa shape index (κ3) is 5.52. The molecule has 1 aliphatic rings. The molecule has 10 heteroatoms. The summed E-state index contributed by atoms with van der Waals surface area (Å²) < 4.78 is 5.87. The highest BCUT2D eigenvalue weighted by molar-refractivity contribution is 6.32. The minimum absolute atomic E-state index is 0.0232. The van der Waals surface area contributed by atoms with E-state index in [0.29, 0.717) is 54.1 Å². The first-order valence-electron chi connectivity index (χ1n) is 10.9. The lowest BCUT2D eigenvalue weighted by Crippen LogP contribution is -2.48. The summed E-state index contributed by atoms with van der Waals surface area (Å²) in [5.41, 5.74) is 0.770. The van der Waals surface area contributed by atoms with Gasteiger partial charge in [0.1, 0.15) is 11.4 Å². The molecule has 35 heavy (non-hydrogen) atoms. The van der Waals surface area contributed by atoms with Crippen molar-refractivity contribution >= 4 is 40.5 Å². The summed E-state index contributed by atoms with van der Waals surface area (Å²) in [5, 5.41) is 15.0. The van der Waals surface area contributed by atoms with E-state index in [0.717, 1.165) is 0 Å². The van der Waals surface area contributed by atoms with Crippen LogP contribution in [0, 0.1) is 10.1 Å². The first-order chi connectivity index (χ1) is 16.8. The Morgan fingerprint density at radius 1 is 0.971 bits per heavy atom. The van der Waals surface area contributed by atoms with E-state index in [1.165, 1.54) is 13.0 Å². The summed E-state index contributed by atoms with van der Waals surface area (Å²) in [6, 6.07) is 18.2. The van der Waals surface area contributed by atoms with Crippen LogP contribution in [0.25, 0.3) is 0 Å². The van der Waals surface area contributed by atoms with E-state index in [1.54, 1.807) is 65.6 Å². The number of hydrogen-bond donors (Lipinski definition) is 1. The summed E-state index contributed by atoms with van der Waals surface area (Å²) in [7, 11) is 0. The Bertz CT molecular complexity index is 1270. The van der Waals surface area contributed by atoms with Crippen LogP contribution in [0.1, 0.15) is 17.3 Å². The number of nitro benzene ring substituents is 1. The van der Waals surface area contributed by atoms with Crippen molar-refractivity contribution in [2.75, 3.05) is 36.4 Å². The van der Waals surface area contributed by atoms with Gasteiger partial charge in [-0.05, 0) is 36.4 Å². The number of amides is 2. The number of hydrogen-bond acceptors (Lipinski definition) is 6. The largest absolute Gasteiger partial charge is 0.454 e. The molecule has 9 nitrogen and oxygen atoms in total. The number of rotatable bonds is 6. The van der Waals surface area contributed by atoms with Gasteiger partial charge in [0.05, 0.1) is 15.6 Å². The molecular weight excluding hydrogens is 472 g/mol. The van der Waals surface area contributed by atoms with Crippen LogP contribution in [0.3, 0.4) is 0 Å². The Morgan fingerprint density at radius 3 is 2.29 bits per heavy atom. The van der Waals surface area contributed by atoms with E-state index in [-0.39, 0.29) is 17.2 Å². The molecule has 3 aromatic rings. The lowest BCUT2D eigenvalue weighted by Gasteiger charge is -2.35. The molecule has 0 unspecified atom stereocenters. The second-order valence-corrected chi connectivity index (χ2v) is 8.34. The number of piperazine rings is 1. The number of nitro groups is 1. The smallest absolute Gasteiger partial charge is 0.293 e.